The molecular formula is C78H52. The molecule has 0 nitrogen and oxygen atoms in total. The van der Waals surface area contributed by atoms with Gasteiger partial charge in [-0.2, -0.15) is 0 Å². The van der Waals surface area contributed by atoms with Crippen molar-refractivity contribution in [3.8, 4) is 44.5 Å². The fourth-order valence-electron chi connectivity index (χ4n) is 13.4. The van der Waals surface area contributed by atoms with E-state index in [2.05, 4.69) is 293 Å². The standard InChI is InChI=1S/C78H52/c1-49-69(54-25-7-3-8-26-54)70(55-27-9-4-10-28-55)50(2)72-71(49)75(60-44-43-53-35-21-42-67(68(53)48-60)65-40-20-34-52-24-16-18-38-62(52)65)78-74(57-31-13-6-14-32-57)73(56-29-11-5-12-30-56)76(77(72)78)59-45-46-63-58(47-59)36-22-41-66(63)64-39-19-33-51-23-15-17-37-61(51)64/h3-48H,1-2H3. The van der Waals surface area contributed by atoms with Gasteiger partial charge in [-0.15, -0.1) is 0 Å². The van der Waals surface area contributed by atoms with Crippen LogP contribution in [-0.4, -0.2) is 0 Å². The molecule has 0 unspecified atom stereocenters. The van der Waals surface area contributed by atoms with Crippen molar-refractivity contribution in [1.29, 1.82) is 0 Å². The Labute approximate surface area is 455 Å². The molecule has 0 spiro atoms. The highest BCUT2D eigenvalue weighted by atomic mass is 14.4. The maximum atomic E-state index is 2.51. The molecule has 2 aliphatic carbocycles. The van der Waals surface area contributed by atoms with Crippen molar-refractivity contribution >= 4 is 71.0 Å². The van der Waals surface area contributed by atoms with Gasteiger partial charge in [-0.1, -0.05) is 267 Å². The van der Waals surface area contributed by atoms with E-state index in [4.69, 9.17) is 0 Å². The molecule has 0 N–H and O–H groups in total. The second-order valence-corrected chi connectivity index (χ2v) is 21.0. The van der Waals surface area contributed by atoms with Gasteiger partial charge in [0, 0.05) is 0 Å². The summed E-state index contributed by atoms with van der Waals surface area (Å²) in [7, 11) is 0. The van der Waals surface area contributed by atoms with E-state index >= 15 is 0 Å². The highest BCUT2D eigenvalue weighted by molar-refractivity contribution is 6.40. The Morgan fingerprint density at radius 1 is 0.179 bits per heavy atom. The summed E-state index contributed by atoms with van der Waals surface area (Å²) in [6.45, 7) is 4.79. The van der Waals surface area contributed by atoms with Gasteiger partial charge in [0.15, 0.2) is 0 Å². The zero-order chi connectivity index (χ0) is 51.8. The summed E-state index contributed by atoms with van der Waals surface area (Å²) in [5.41, 5.74) is 27.5. The average molecular weight is 989 g/mol. The lowest BCUT2D eigenvalue weighted by atomic mass is 9.78. The summed E-state index contributed by atoms with van der Waals surface area (Å²) in [6, 6.07) is 104. The van der Waals surface area contributed by atoms with Gasteiger partial charge < -0.3 is 0 Å². The van der Waals surface area contributed by atoms with Crippen LogP contribution in [0.5, 0.6) is 0 Å². The second-order valence-electron chi connectivity index (χ2n) is 21.0. The van der Waals surface area contributed by atoms with Crippen molar-refractivity contribution in [2.75, 3.05) is 0 Å². The molecule has 0 radical (unpaired) electrons. The fourth-order valence-corrected chi connectivity index (χ4v) is 13.4. The van der Waals surface area contributed by atoms with Crippen molar-refractivity contribution in [2.45, 2.75) is 13.8 Å². The van der Waals surface area contributed by atoms with Crippen LogP contribution in [0.3, 0.4) is 0 Å². The molecule has 0 atom stereocenters. The zero-order valence-corrected chi connectivity index (χ0v) is 43.6. The largest absolute Gasteiger partial charge is 0.0622 e. The van der Waals surface area contributed by atoms with Crippen LogP contribution in [0.25, 0.3) is 115 Å². The lowest BCUT2D eigenvalue weighted by molar-refractivity contribution is 1.34. The first-order valence-electron chi connectivity index (χ1n) is 27.2. The molecular weight excluding hydrogens is 937 g/mol. The van der Waals surface area contributed by atoms with Crippen LogP contribution < -0.4 is 0 Å². The number of hydrogen-bond donors (Lipinski definition) is 0. The van der Waals surface area contributed by atoms with Crippen LogP contribution >= 0.6 is 0 Å². The number of hydrogen-bond acceptors (Lipinski definition) is 0. The molecule has 13 aromatic carbocycles. The Morgan fingerprint density at radius 2 is 0.526 bits per heavy atom. The van der Waals surface area contributed by atoms with E-state index < -0.39 is 0 Å². The van der Waals surface area contributed by atoms with E-state index in [0.29, 0.717) is 0 Å². The molecule has 0 heterocycles. The fraction of sp³-hybridized carbons (Fsp3) is 0.0256. The van der Waals surface area contributed by atoms with E-state index in [1.54, 1.807) is 0 Å². The molecule has 0 aromatic heterocycles. The number of allylic oxidation sites excluding steroid dienone is 5. The summed E-state index contributed by atoms with van der Waals surface area (Å²) >= 11 is 0. The Bertz CT molecular complexity index is 4670. The molecule has 0 aliphatic heterocycles. The van der Waals surface area contributed by atoms with E-state index in [1.165, 1.54) is 166 Å². The lowest BCUT2D eigenvalue weighted by Gasteiger charge is -2.24. The van der Waals surface area contributed by atoms with Crippen LogP contribution in [0.15, 0.2) is 285 Å². The predicted octanol–water partition coefficient (Wildman–Crippen LogP) is 20.9. The van der Waals surface area contributed by atoms with Gasteiger partial charge >= 0.3 is 0 Å². The van der Waals surface area contributed by atoms with Crippen molar-refractivity contribution in [3.63, 3.8) is 0 Å². The monoisotopic (exact) mass is 988 g/mol. The lowest BCUT2D eigenvalue weighted by Crippen LogP contribution is -2.03. The first-order chi connectivity index (χ1) is 38.6. The van der Waals surface area contributed by atoms with Gasteiger partial charge in [0.25, 0.3) is 0 Å². The van der Waals surface area contributed by atoms with E-state index in [9.17, 15) is 0 Å². The van der Waals surface area contributed by atoms with Gasteiger partial charge in [0.2, 0.25) is 0 Å². The molecule has 15 rings (SSSR count). The van der Waals surface area contributed by atoms with Gasteiger partial charge in [-0.05, 0) is 192 Å². The van der Waals surface area contributed by atoms with Crippen LogP contribution in [0, 0.1) is 13.8 Å². The quantitative estimate of drug-likeness (QED) is 0.142. The summed E-state index contributed by atoms with van der Waals surface area (Å²) in [4.78, 5) is 0. The highest BCUT2D eigenvalue weighted by Gasteiger charge is 2.43. The molecule has 0 heteroatoms. The normalized spacial score (nSPS) is 13.1. The molecule has 0 saturated carbocycles. The predicted molar refractivity (Wildman–Crippen MR) is 333 cm³/mol. The molecule has 13 aromatic rings. The number of benzene rings is 13. The zero-order valence-electron chi connectivity index (χ0n) is 43.6. The van der Waals surface area contributed by atoms with Crippen LogP contribution in [-0.2, 0) is 0 Å². The summed E-state index contributed by atoms with van der Waals surface area (Å²) in [6.07, 6.45) is 0. The topological polar surface area (TPSA) is 0 Å². The molecule has 0 bridgehead atoms. The Morgan fingerprint density at radius 3 is 1.04 bits per heavy atom. The molecule has 0 saturated heterocycles. The third-order valence-electron chi connectivity index (χ3n) is 16.7. The summed E-state index contributed by atoms with van der Waals surface area (Å²) in [5.74, 6) is 0. The van der Waals surface area contributed by atoms with Gasteiger partial charge in [0.1, 0.15) is 0 Å². The Hall–Kier alpha value is -9.88. The van der Waals surface area contributed by atoms with Crippen LogP contribution in [0.2, 0.25) is 0 Å². The Kier molecular flexibility index (Phi) is 10.8. The molecule has 78 heavy (non-hydrogen) atoms. The minimum Gasteiger partial charge on any atom is -0.0622 e. The van der Waals surface area contributed by atoms with Gasteiger partial charge in [-0.3, -0.25) is 0 Å². The maximum absolute atomic E-state index is 2.51. The molecule has 0 amide bonds. The van der Waals surface area contributed by atoms with Crippen molar-refractivity contribution in [3.05, 3.63) is 329 Å². The number of fused-ring (bicyclic) bond motifs is 7. The van der Waals surface area contributed by atoms with Crippen LogP contribution in [0.4, 0.5) is 0 Å². The minimum atomic E-state index is 1.20. The first kappa shape index (κ1) is 45.5. The van der Waals surface area contributed by atoms with Crippen LogP contribution in [0.1, 0.15) is 44.5 Å². The first-order valence-corrected chi connectivity index (χ1v) is 27.2. The third-order valence-corrected chi connectivity index (χ3v) is 16.7. The summed E-state index contributed by atoms with van der Waals surface area (Å²) in [5, 5.41) is 9.91. The summed E-state index contributed by atoms with van der Waals surface area (Å²) < 4.78 is 0. The maximum Gasteiger partial charge on any atom is -0.000117 e. The molecule has 0 fully saturated rings. The third kappa shape index (κ3) is 7.14. The van der Waals surface area contributed by atoms with E-state index in [-0.39, 0.29) is 0 Å². The van der Waals surface area contributed by atoms with Crippen molar-refractivity contribution in [1.82, 2.24) is 0 Å². The number of rotatable bonds is 8. The van der Waals surface area contributed by atoms with E-state index in [1.807, 2.05) is 0 Å². The highest BCUT2D eigenvalue weighted by Crippen LogP contribution is 2.64. The van der Waals surface area contributed by atoms with Crippen molar-refractivity contribution < 1.29 is 0 Å². The molecule has 2 aliphatic rings. The van der Waals surface area contributed by atoms with Crippen molar-refractivity contribution in [2.24, 2.45) is 0 Å². The van der Waals surface area contributed by atoms with E-state index in [0.717, 1.165) is 0 Å². The smallest absolute Gasteiger partial charge is 0.000117 e. The minimum absolute atomic E-state index is 1.20. The SMILES string of the molecule is Cc1c2c(c(C)c(-c3ccccc3)c1-c1ccccc1)C(c1ccc3cccc(-c4cccc5ccccc45)c3c1)=C1C(c3ccccc3)=C(c3ccccc3)C(c3ccc4c(-c5cccc6ccccc56)cccc4c3)=C12. The van der Waals surface area contributed by atoms with Gasteiger partial charge in [-0.25, -0.2) is 0 Å². The average Bonchev–Trinajstić information content (AvgIpc) is 4.26. The molecule has 364 valence electrons. The van der Waals surface area contributed by atoms with Gasteiger partial charge in [0.05, 0.1) is 0 Å². The Balaban J connectivity index is 1.10. The second kappa shape index (κ2) is 18.4.